The monoisotopic (exact) mass is 325 g/mol. The van der Waals surface area contributed by atoms with E-state index in [0.29, 0.717) is 12.4 Å². The second-order valence-electron chi connectivity index (χ2n) is 5.49. The smallest absolute Gasteiger partial charge is 0.235 e. The van der Waals surface area contributed by atoms with Crippen LogP contribution in [0.25, 0.3) is 22.3 Å². The van der Waals surface area contributed by atoms with Crippen LogP contribution in [0.15, 0.2) is 60.8 Å². The SMILES string of the molecule is O=S1(=O)CCn2ncc(-c3ccc(-c4ccccc4)cc3)c2N1. The summed E-state index contributed by atoms with van der Waals surface area (Å²) >= 11 is 0. The number of fused-ring (bicyclic) bond motifs is 1. The zero-order chi connectivity index (χ0) is 15.9. The molecule has 1 aliphatic heterocycles. The van der Waals surface area contributed by atoms with Gasteiger partial charge in [-0.05, 0) is 16.7 Å². The van der Waals surface area contributed by atoms with Crippen LogP contribution < -0.4 is 4.72 Å². The Balaban J connectivity index is 1.72. The van der Waals surface area contributed by atoms with Crippen LogP contribution in [0.2, 0.25) is 0 Å². The molecule has 2 aromatic carbocycles. The number of aryl methyl sites for hydroxylation is 1. The molecule has 5 nitrogen and oxygen atoms in total. The number of benzene rings is 2. The zero-order valence-corrected chi connectivity index (χ0v) is 13.1. The van der Waals surface area contributed by atoms with Gasteiger partial charge in [0.05, 0.1) is 18.5 Å². The van der Waals surface area contributed by atoms with Crippen molar-refractivity contribution in [3.63, 3.8) is 0 Å². The number of nitrogens with zero attached hydrogens (tertiary/aromatic N) is 2. The molecule has 1 aromatic heterocycles. The maximum atomic E-state index is 11.8. The molecule has 0 saturated heterocycles. The van der Waals surface area contributed by atoms with Gasteiger partial charge in [-0.3, -0.25) is 4.72 Å². The molecule has 0 aliphatic carbocycles. The molecule has 0 saturated carbocycles. The van der Waals surface area contributed by atoms with Crippen molar-refractivity contribution < 1.29 is 8.42 Å². The molecule has 0 spiro atoms. The largest absolute Gasteiger partial charge is 0.267 e. The number of aromatic nitrogens is 2. The van der Waals surface area contributed by atoms with Gasteiger partial charge < -0.3 is 0 Å². The van der Waals surface area contributed by atoms with Gasteiger partial charge in [0.1, 0.15) is 5.82 Å². The molecule has 0 amide bonds. The molecule has 1 aliphatic rings. The standard InChI is InChI=1S/C17H15N3O2S/c21-23(22)11-10-20-17(19-23)16(12-18-20)15-8-6-14(7-9-15)13-4-2-1-3-5-13/h1-9,12,19H,10-11H2. The Bertz CT molecular complexity index is 945. The first-order chi connectivity index (χ1) is 11.1. The molecule has 0 bridgehead atoms. The van der Waals surface area contributed by atoms with Crippen molar-refractivity contribution in [2.75, 3.05) is 10.5 Å². The number of hydrogen-bond acceptors (Lipinski definition) is 3. The lowest BCUT2D eigenvalue weighted by molar-refractivity contribution is 0.577. The molecule has 0 unspecified atom stereocenters. The molecule has 2 heterocycles. The Labute approximate surface area is 134 Å². The van der Waals surface area contributed by atoms with Crippen molar-refractivity contribution in [2.45, 2.75) is 6.54 Å². The predicted octanol–water partition coefficient (Wildman–Crippen LogP) is 2.97. The number of nitrogens with one attached hydrogen (secondary N) is 1. The summed E-state index contributed by atoms with van der Waals surface area (Å²) in [5, 5.41) is 4.27. The van der Waals surface area contributed by atoms with Crippen LogP contribution in [0, 0.1) is 0 Å². The first-order valence-corrected chi connectivity index (χ1v) is 9.00. The van der Waals surface area contributed by atoms with E-state index < -0.39 is 10.0 Å². The third-order valence-electron chi connectivity index (χ3n) is 3.97. The summed E-state index contributed by atoms with van der Waals surface area (Å²) in [6.45, 7) is 0.382. The topological polar surface area (TPSA) is 64.0 Å². The van der Waals surface area contributed by atoms with Crippen molar-refractivity contribution in [1.82, 2.24) is 9.78 Å². The molecular formula is C17H15N3O2S. The molecule has 3 aromatic rings. The first kappa shape index (κ1) is 14.0. The summed E-state index contributed by atoms with van der Waals surface area (Å²) in [6.07, 6.45) is 1.71. The molecule has 6 heteroatoms. The summed E-state index contributed by atoms with van der Waals surface area (Å²) in [6, 6.07) is 18.2. The second-order valence-corrected chi connectivity index (χ2v) is 7.34. The van der Waals surface area contributed by atoms with E-state index in [-0.39, 0.29) is 5.75 Å². The maximum Gasteiger partial charge on any atom is 0.235 e. The Hall–Kier alpha value is -2.60. The number of rotatable bonds is 2. The minimum atomic E-state index is -3.26. The molecule has 0 radical (unpaired) electrons. The Morgan fingerprint density at radius 2 is 1.57 bits per heavy atom. The van der Waals surface area contributed by atoms with Gasteiger partial charge in [0.25, 0.3) is 0 Å². The van der Waals surface area contributed by atoms with Gasteiger partial charge in [0, 0.05) is 5.56 Å². The van der Waals surface area contributed by atoms with Crippen LogP contribution in [0.1, 0.15) is 0 Å². The minimum absolute atomic E-state index is 0.0636. The van der Waals surface area contributed by atoms with Crippen LogP contribution in [-0.4, -0.2) is 24.0 Å². The summed E-state index contributed by atoms with van der Waals surface area (Å²) in [5.74, 6) is 0.609. The van der Waals surface area contributed by atoms with E-state index in [1.807, 2.05) is 42.5 Å². The van der Waals surface area contributed by atoms with E-state index in [9.17, 15) is 8.42 Å². The summed E-state index contributed by atoms with van der Waals surface area (Å²) in [7, 11) is -3.26. The highest BCUT2D eigenvalue weighted by molar-refractivity contribution is 7.92. The fraction of sp³-hybridized carbons (Fsp3) is 0.118. The maximum absolute atomic E-state index is 11.8. The van der Waals surface area contributed by atoms with Crippen molar-refractivity contribution in [3.05, 3.63) is 60.8 Å². The molecular weight excluding hydrogens is 310 g/mol. The van der Waals surface area contributed by atoms with E-state index in [1.165, 1.54) is 0 Å². The normalized spacial score (nSPS) is 15.7. The summed E-state index contributed by atoms with van der Waals surface area (Å²) in [4.78, 5) is 0. The minimum Gasteiger partial charge on any atom is -0.267 e. The summed E-state index contributed by atoms with van der Waals surface area (Å²) < 4.78 is 27.9. The van der Waals surface area contributed by atoms with Gasteiger partial charge in [-0.2, -0.15) is 5.10 Å². The highest BCUT2D eigenvalue weighted by Crippen LogP contribution is 2.32. The van der Waals surface area contributed by atoms with Gasteiger partial charge in [0.15, 0.2) is 0 Å². The Morgan fingerprint density at radius 1 is 0.913 bits per heavy atom. The van der Waals surface area contributed by atoms with Gasteiger partial charge >= 0.3 is 0 Å². The van der Waals surface area contributed by atoms with Crippen LogP contribution in [0.4, 0.5) is 5.82 Å². The summed E-state index contributed by atoms with van der Waals surface area (Å²) in [5.41, 5.74) is 4.01. The van der Waals surface area contributed by atoms with Crippen LogP contribution >= 0.6 is 0 Å². The van der Waals surface area contributed by atoms with Crippen LogP contribution in [-0.2, 0) is 16.6 Å². The van der Waals surface area contributed by atoms with Crippen molar-refractivity contribution in [1.29, 1.82) is 0 Å². The third kappa shape index (κ3) is 2.61. The van der Waals surface area contributed by atoms with Gasteiger partial charge in [-0.25, -0.2) is 13.1 Å². The fourth-order valence-electron chi connectivity index (χ4n) is 2.75. The zero-order valence-electron chi connectivity index (χ0n) is 12.3. The Morgan fingerprint density at radius 3 is 2.30 bits per heavy atom. The van der Waals surface area contributed by atoms with E-state index in [2.05, 4.69) is 22.0 Å². The molecule has 116 valence electrons. The second kappa shape index (κ2) is 5.24. The average molecular weight is 325 g/mol. The fourth-order valence-corrected chi connectivity index (χ4v) is 3.78. The molecule has 4 rings (SSSR count). The third-order valence-corrected chi connectivity index (χ3v) is 5.19. The van der Waals surface area contributed by atoms with Gasteiger partial charge in [0.2, 0.25) is 10.0 Å². The lowest BCUT2D eigenvalue weighted by atomic mass is 10.0. The highest BCUT2D eigenvalue weighted by Gasteiger charge is 2.24. The molecule has 0 fully saturated rings. The highest BCUT2D eigenvalue weighted by atomic mass is 32.2. The first-order valence-electron chi connectivity index (χ1n) is 7.34. The molecule has 1 N–H and O–H groups in total. The lowest BCUT2D eigenvalue weighted by Crippen LogP contribution is -2.28. The quantitative estimate of drug-likeness (QED) is 0.788. The number of sulfonamides is 1. The van der Waals surface area contributed by atoms with Crippen molar-refractivity contribution in [3.8, 4) is 22.3 Å². The van der Waals surface area contributed by atoms with Crippen LogP contribution in [0.3, 0.4) is 0 Å². The Kier molecular flexibility index (Phi) is 3.20. The van der Waals surface area contributed by atoms with E-state index in [1.54, 1.807) is 10.9 Å². The number of hydrogen-bond donors (Lipinski definition) is 1. The molecule has 23 heavy (non-hydrogen) atoms. The lowest BCUT2D eigenvalue weighted by Gasteiger charge is -2.17. The van der Waals surface area contributed by atoms with Crippen molar-refractivity contribution >= 4 is 15.8 Å². The van der Waals surface area contributed by atoms with E-state index in [0.717, 1.165) is 22.3 Å². The molecule has 0 atom stereocenters. The van der Waals surface area contributed by atoms with Crippen LogP contribution in [0.5, 0.6) is 0 Å². The van der Waals surface area contributed by atoms with Crippen molar-refractivity contribution in [2.24, 2.45) is 0 Å². The van der Waals surface area contributed by atoms with E-state index >= 15 is 0 Å². The van der Waals surface area contributed by atoms with Gasteiger partial charge in [-0.1, -0.05) is 54.6 Å². The van der Waals surface area contributed by atoms with Gasteiger partial charge in [-0.15, -0.1) is 0 Å². The number of anilines is 1. The average Bonchev–Trinajstić information content (AvgIpc) is 2.97. The predicted molar refractivity (Wildman–Crippen MR) is 90.5 cm³/mol. The van der Waals surface area contributed by atoms with E-state index in [4.69, 9.17) is 0 Å².